The molecule has 3 N–H and O–H groups in total. The third-order valence-electron chi connectivity index (χ3n) is 4.81. The molecule has 1 unspecified atom stereocenters. The lowest BCUT2D eigenvalue weighted by molar-refractivity contribution is -0.122. The Morgan fingerprint density at radius 3 is 2.52 bits per heavy atom. The number of aromatic nitrogens is 3. The summed E-state index contributed by atoms with van der Waals surface area (Å²) in [5.74, 6) is 6.40. The smallest absolute Gasteiger partial charge is 0.234 e. The highest BCUT2D eigenvalue weighted by atomic mass is 32.2. The first-order valence-corrected chi connectivity index (χ1v) is 10.3. The van der Waals surface area contributed by atoms with Crippen LogP contribution in [0, 0.1) is 11.7 Å². The lowest BCUT2D eigenvalue weighted by Crippen LogP contribution is -2.43. The number of carbonyl (C=O) groups excluding carboxylic acids is 1. The molecule has 1 aromatic heterocycles. The molecule has 2 aromatic rings. The molecular weight excluding hydrogens is 365 g/mol. The molecule has 1 aliphatic carbocycles. The van der Waals surface area contributed by atoms with Gasteiger partial charge in [0.1, 0.15) is 5.82 Å². The number of thioether (sulfide) groups is 1. The molecule has 1 amide bonds. The van der Waals surface area contributed by atoms with Gasteiger partial charge in [-0.15, -0.1) is 10.2 Å². The Hall–Kier alpha value is -2.09. The number of nitrogens with one attached hydrogen (secondary N) is 1. The molecule has 0 aliphatic heterocycles. The van der Waals surface area contributed by atoms with Crippen LogP contribution in [0.1, 0.15) is 46.0 Å². The Labute approximate surface area is 163 Å². The van der Waals surface area contributed by atoms with E-state index < -0.39 is 0 Å². The Bertz CT molecular complexity index is 771. The molecular formula is C19H26FN5OS. The fourth-order valence-corrected chi connectivity index (χ4v) is 4.25. The zero-order valence-electron chi connectivity index (χ0n) is 15.7. The summed E-state index contributed by atoms with van der Waals surface area (Å²) < 4.78 is 14.5. The lowest BCUT2D eigenvalue weighted by atomic mass is 9.95. The highest BCUT2D eigenvalue weighted by molar-refractivity contribution is 8.00. The van der Waals surface area contributed by atoms with Gasteiger partial charge in [-0.05, 0) is 43.0 Å². The number of benzene rings is 1. The highest BCUT2D eigenvalue weighted by Crippen LogP contribution is 2.29. The maximum Gasteiger partial charge on any atom is 0.234 e. The van der Waals surface area contributed by atoms with Gasteiger partial charge in [0.15, 0.2) is 5.82 Å². The molecule has 1 aromatic carbocycles. The van der Waals surface area contributed by atoms with Gasteiger partial charge in [-0.3, -0.25) is 4.79 Å². The van der Waals surface area contributed by atoms with Crippen LogP contribution in [0.2, 0.25) is 0 Å². The second-order valence-corrected chi connectivity index (χ2v) is 8.42. The van der Waals surface area contributed by atoms with Gasteiger partial charge < -0.3 is 11.2 Å². The quantitative estimate of drug-likeness (QED) is 0.582. The van der Waals surface area contributed by atoms with Crippen LogP contribution in [0.5, 0.6) is 0 Å². The van der Waals surface area contributed by atoms with Crippen molar-refractivity contribution in [2.24, 2.45) is 5.92 Å². The molecule has 0 bridgehead atoms. The molecule has 1 aliphatic rings. The van der Waals surface area contributed by atoms with Crippen molar-refractivity contribution in [3.05, 3.63) is 30.1 Å². The Morgan fingerprint density at radius 2 is 1.89 bits per heavy atom. The van der Waals surface area contributed by atoms with Crippen molar-refractivity contribution in [3.63, 3.8) is 0 Å². The van der Waals surface area contributed by atoms with Gasteiger partial charge in [-0.2, -0.15) is 0 Å². The predicted molar refractivity (Wildman–Crippen MR) is 105 cm³/mol. The van der Waals surface area contributed by atoms with Crippen molar-refractivity contribution in [2.75, 3.05) is 5.84 Å². The number of rotatable bonds is 6. The fraction of sp³-hybridized carbons (Fsp3) is 0.526. The SMILES string of the molecule is CC(C)C(Sc1nnc(-c2ccc(F)cc2)n1N)C(=O)NC1CCCCC1. The van der Waals surface area contributed by atoms with E-state index in [4.69, 9.17) is 5.84 Å². The molecule has 8 heteroatoms. The van der Waals surface area contributed by atoms with E-state index in [2.05, 4.69) is 15.5 Å². The normalized spacial score (nSPS) is 16.4. The van der Waals surface area contributed by atoms with Crippen molar-refractivity contribution in [3.8, 4) is 11.4 Å². The van der Waals surface area contributed by atoms with Crippen LogP contribution < -0.4 is 11.2 Å². The van der Waals surface area contributed by atoms with E-state index in [1.807, 2.05) is 13.8 Å². The largest absolute Gasteiger partial charge is 0.352 e. The van der Waals surface area contributed by atoms with Gasteiger partial charge in [0.25, 0.3) is 0 Å². The van der Waals surface area contributed by atoms with Gasteiger partial charge in [0.2, 0.25) is 11.1 Å². The van der Waals surface area contributed by atoms with E-state index in [9.17, 15) is 9.18 Å². The molecule has 0 saturated heterocycles. The summed E-state index contributed by atoms with van der Waals surface area (Å²) in [7, 11) is 0. The summed E-state index contributed by atoms with van der Waals surface area (Å²) in [5, 5.41) is 11.6. The number of nitrogens with two attached hydrogens (primary N) is 1. The third kappa shape index (κ3) is 4.80. The standard InChI is InChI=1S/C19H26FN5OS/c1-12(2)16(18(26)22-15-6-4-3-5-7-15)27-19-24-23-17(25(19)21)13-8-10-14(20)11-9-13/h8-12,15-16H,3-7,21H2,1-2H3,(H,22,26). The van der Waals surface area contributed by atoms with Gasteiger partial charge in [0.05, 0.1) is 5.25 Å². The van der Waals surface area contributed by atoms with E-state index in [1.54, 1.807) is 12.1 Å². The molecule has 27 heavy (non-hydrogen) atoms. The minimum atomic E-state index is -0.323. The molecule has 3 rings (SSSR count). The number of nitrogen functional groups attached to an aromatic ring is 1. The minimum absolute atomic E-state index is 0.0215. The second-order valence-electron chi connectivity index (χ2n) is 7.31. The average molecular weight is 392 g/mol. The van der Waals surface area contributed by atoms with Crippen LogP contribution >= 0.6 is 11.8 Å². The van der Waals surface area contributed by atoms with E-state index in [0.29, 0.717) is 16.5 Å². The number of carbonyl (C=O) groups is 1. The molecule has 1 fully saturated rings. The van der Waals surface area contributed by atoms with Crippen LogP contribution in [0.3, 0.4) is 0 Å². The second kappa shape index (κ2) is 8.73. The minimum Gasteiger partial charge on any atom is -0.352 e. The Morgan fingerprint density at radius 1 is 1.22 bits per heavy atom. The zero-order chi connectivity index (χ0) is 19.4. The van der Waals surface area contributed by atoms with Crippen molar-refractivity contribution >= 4 is 17.7 Å². The maximum absolute atomic E-state index is 13.1. The number of hydrogen-bond donors (Lipinski definition) is 2. The Balaban J connectivity index is 1.73. The number of amides is 1. The molecule has 1 atom stereocenters. The molecule has 1 heterocycles. The van der Waals surface area contributed by atoms with Crippen LogP contribution in [0.25, 0.3) is 11.4 Å². The predicted octanol–water partition coefficient (Wildman–Crippen LogP) is 3.36. The van der Waals surface area contributed by atoms with Crippen LogP contribution in [-0.4, -0.2) is 32.1 Å². The summed E-state index contributed by atoms with van der Waals surface area (Å²) in [6.07, 6.45) is 5.67. The van der Waals surface area contributed by atoms with E-state index >= 15 is 0 Å². The van der Waals surface area contributed by atoms with E-state index in [0.717, 1.165) is 12.8 Å². The summed E-state index contributed by atoms with van der Waals surface area (Å²) in [4.78, 5) is 12.8. The monoisotopic (exact) mass is 391 g/mol. The van der Waals surface area contributed by atoms with Crippen LogP contribution in [0.15, 0.2) is 29.4 Å². The first-order valence-electron chi connectivity index (χ1n) is 9.39. The topological polar surface area (TPSA) is 85.8 Å². The highest BCUT2D eigenvalue weighted by Gasteiger charge is 2.28. The van der Waals surface area contributed by atoms with Crippen molar-refractivity contribution in [2.45, 2.75) is 62.4 Å². The van der Waals surface area contributed by atoms with Gasteiger partial charge in [0, 0.05) is 11.6 Å². The average Bonchev–Trinajstić information content (AvgIpc) is 3.01. The summed E-state index contributed by atoms with van der Waals surface area (Å²) in [6, 6.07) is 6.18. The summed E-state index contributed by atoms with van der Waals surface area (Å²) >= 11 is 1.32. The molecule has 0 radical (unpaired) electrons. The molecule has 0 spiro atoms. The fourth-order valence-electron chi connectivity index (χ4n) is 3.29. The summed E-state index contributed by atoms with van der Waals surface area (Å²) in [6.45, 7) is 4.02. The molecule has 6 nitrogen and oxygen atoms in total. The molecule has 1 saturated carbocycles. The number of hydrogen-bond acceptors (Lipinski definition) is 5. The van der Waals surface area contributed by atoms with E-state index in [-0.39, 0.29) is 28.9 Å². The summed E-state index contributed by atoms with van der Waals surface area (Å²) in [5.41, 5.74) is 0.672. The first-order chi connectivity index (χ1) is 13.0. The van der Waals surface area contributed by atoms with Gasteiger partial charge in [-0.1, -0.05) is 44.9 Å². The number of nitrogens with zero attached hydrogens (tertiary/aromatic N) is 3. The lowest BCUT2D eigenvalue weighted by Gasteiger charge is -2.26. The first kappa shape index (κ1) is 19.7. The van der Waals surface area contributed by atoms with Crippen LogP contribution in [-0.2, 0) is 4.79 Å². The van der Waals surface area contributed by atoms with Gasteiger partial charge in [-0.25, -0.2) is 9.07 Å². The van der Waals surface area contributed by atoms with Crippen LogP contribution in [0.4, 0.5) is 4.39 Å². The number of halogens is 1. The zero-order valence-corrected chi connectivity index (χ0v) is 16.5. The maximum atomic E-state index is 13.1. The van der Waals surface area contributed by atoms with Gasteiger partial charge >= 0.3 is 0 Å². The van der Waals surface area contributed by atoms with E-state index in [1.165, 1.54) is 47.8 Å². The molecule has 146 valence electrons. The Kier molecular flexibility index (Phi) is 6.36. The van der Waals surface area contributed by atoms with Crippen molar-refractivity contribution in [1.82, 2.24) is 20.2 Å². The third-order valence-corrected chi connectivity index (χ3v) is 6.32. The van der Waals surface area contributed by atoms with Crippen molar-refractivity contribution < 1.29 is 9.18 Å². The van der Waals surface area contributed by atoms with Crippen molar-refractivity contribution in [1.29, 1.82) is 0 Å².